The quantitative estimate of drug-likeness (QED) is 0.866. The largest absolute Gasteiger partial charge is 0.481 e. The number of aliphatic carboxylic acids is 1. The van der Waals surface area contributed by atoms with Crippen LogP contribution in [0.1, 0.15) is 24.0 Å². The normalized spacial score (nSPS) is 11.3. The molecule has 0 aliphatic carbocycles. The Balaban J connectivity index is 3.00. The van der Waals surface area contributed by atoms with Gasteiger partial charge < -0.3 is 5.11 Å². The minimum atomic E-state index is -3.41. The molecule has 0 fully saturated rings. The molecular formula is C13H19NO4S. The summed E-state index contributed by atoms with van der Waals surface area (Å²) >= 11 is 0. The predicted octanol–water partition coefficient (Wildman–Crippen LogP) is 1.93. The summed E-state index contributed by atoms with van der Waals surface area (Å²) in [6.45, 7) is 3.97. The van der Waals surface area contributed by atoms with Gasteiger partial charge in [-0.2, -0.15) is 0 Å². The van der Waals surface area contributed by atoms with E-state index in [4.69, 9.17) is 5.11 Å². The van der Waals surface area contributed by atoms with E-state index < -0.39 is 16.0 Å². The third-order valence-electron chi connectivity index (χ3n) is 2.65. The average molecular weight is 285 g/mol. The topological polar surface area (TPSA) is 74.7 Å². The Morgan fingerprint density at radius 2 is 1.74 bits per heavy atom. The Kier molecular flexibility index (Phi) is 4.94. The zero-order valence-corrected chi connectivity index (χ0v) is 12.2. The van der Waals surface area contributed by atoms with E-state index in [9.17, 15) is 13.2 Å². The smallest absolute Gasteiger partial charge is 0.303 e. The molecule has 0 atom stereocenters. The molecule has 1 rings (SSSR count). The van der Waals surface area contributed by atoms with Crippen molar-refractivity contribution in [3.05, 3.63) is 29.3 Å². The van der Waals surface area contributed by atoms with Crippen LogP contribution < -0.4 is 4.31 Å². The summed E-state index contributed by atoms with van der Waals surface area (Å²) in [4.78, 5) is 10.5. The monoisotopic (exact) mass is 285 g/mol. The molecule has 1 aromatic carbocycles. The van der Waals surface area contributed by atoms with Crippen molar-refractivity contribution in [1.29, 1.82) is 0 Å². The van der Waals surface area contributed by atoms with Crippen molar-refractivity contribution >= 4 is 21.7 Å². The van der Waals surface area contributed by atoms with Crippen LogP contribution in [0.25, 0.3) is 0 Å². The van der Waals surface area contributed by atoms with Crippen molar-refractivity contribution < 1.29 is 18.3 Å². The summed E-state index contributed by atoms with van der Waals surface area (Å²) in [5, 5.41) is 8.62. The maximum Gasteiger partial charge on any atom is 0.303 e. The summed E-state index contributed by atoms with van der Waals surface area (Å²) < 4.78 is 24.9. The molecule has 0 saturated heterocycles. The lowest BCUT2D eigenvalue weighted by molar-refractivity contribution is -0.137. The number of rotatable bonds is 6. The van der Waals surface area contributed by atoms with Crippen LogP contribution in [0.2, 0.25) is 0 Å². The number of nitrogens with zero attached hydrogens (tertiary/aromatic N) is 1. The first-order valence-electron chi connectivity index (χ1n) is 5.98. The third kappa shape index (κ3) is 4.90. The standard InChI is InChI=1S/C13H19NO4S/c1-10-7-11(2)9-12(8-10)14(19(3,17)18)6-4-5-13(15)16/h7-9H,4-6H2,1-3H3,(H,15,16). The SMILES string of the molecule is Cc1cc(C)cc(N(CCCC(=O)O)S(C)(=O)=O)c1. The molecule has 0 radical (unpaired) electrons. The van der Waals surface area contributed by atoms with Gasteiger partial charge in [0.25, 0.3) is 0 Å². The van der Waals surface area contributed by atoms with Crippen molar-refractivity contribution in [2.45, 2.75) is 26.7 Å². The van der Waals surface area contributed by atoms with E-state index in [-0.39, 0.29) is 19.4 Å². The van der Waals surface area contributed by atoms with Crippen LogP contribution in [-0.4, -0.2) is 32.3 Å². The van der Waals surface area contributed by atoms with E-state index in [1.807, 2.05) is 19.9 Å². The Labute approximate surface area is 113 Å². The molecule has 0 spiro atoms. The lowest BCUT2D eigenvalue weighted by Gasteiger charge is -2.23. The molecule has 0 bridgehead atoms. The van der Waals surface area contributed by atoms with Crippen molar-refractivity contribution in [1.82, 2.24) is 0 Å². The Morgan fingerprint density at radius 3 is 2.16 bits per heavy atom. The Hall–Kier alpha value is -1.56. The van der Waals surface area contributed by atoms with Gasteiger partial charge in [-0.3, -0.25) is 9.10 Å². The van der Waals surface area contributed by atoms with Crippen LogP contribution in [0.5, 0.6) is 0 Å². The second kappa shape index (κ2) is 6.06. The molecular weight excluding hydrogens is 266 g/mol. The first-order chi connectivity index (χ1) is 8.70. The van der Waals surface area contributed by atoms with Gasteiger partial charge in [0.05, 0.1) is 11.9 Å². The number of carbonyl (C=O) groups is 1. The van der Waals surface area contributed by atoms with Crippen LogP contribution in [0.3, 0.4) is 0 Å². The highest BCUT2D eigenvalue weighted by molar-refractivity contribution is 7.92. The number of sulfonamides is 1. The predicted molar refractivity (Wildman–Crippen MR) is 75.0 cm³/mol. The van der Waals surface area contributed by atoms with Gasteiger partial charge in [-0.05, 0) is 43.5 Å². The molecule has 1 N–H and O–H groups in total. The molecule has 0 aliphatic heterocycles. The first kappa shape index (κ1) is 15.5. The van der Waals surface area contributed by atoms with Gasteiger partial charge in [0.1, 0.15) is 0 Å². The number of benzene rings is 1. The van der Waals surface area contributed by atoms with E-state index in [0.29, 0.717) is 5.69 Å². The van der Waals surface area contributed by atoms with Gasteiger partial charge in [-0.15, -0.1) is 0 Å². The van der Waals surface area contributed by atoms with Crippen LogP contribution in [0.15, 0.2) is 18.2 Å². The highest BCUT2D eigenvalue weighted by atomic mass is 32.2. The van der Waals surface area contributed by atoms with Crippen LogP contribution >= 0.6 is 0 Å². The molecule has 0 unspecified atom stereocenters. The minimum Gasteiger partial charge on any atom is -0.481 e. The first-order valence-corrected chi connectivity index (χ1v) is 7.83. The third-order valence-corrected chi connectivity index (χ3v) is 3.84. The number of carboxylic acids is 1. The van der Waals surface area contributed by atoms with E-state index in [2.05, 4.69) is 0 Å². The van der Waals surface area contributed by atoms with Gasteiger partial charge in [0, 0.05) is 13.0 Å². The molecule has 19 heavy (non-hydrogen) atoms. The number of aryl methyl sites for hydroxylation is 2. The molecule has 0 saturated carbocycles. The highest BCUT2D eigenvalue weighted by Gasteiger charge is 2.17. The minimum absolute atomic E-state index is 0.0448. The van der Waals surface area contributed by atoms with Gasteiger partial charge in [0.15, 0.2) is 0 Å². The second-order valence-electron chi connectivity index (χ2n) is 4.68. The fraction of sp³-hybridized carbons (Fsp3) is 0.462. The summed E-state index contributed by atoms with van der Waals surface area (Å²) in [5.41, 5.74) is 2.54. The van der Waals surface area contributed by atoms with E-state index in [1.54, 1.807) is 12.1 Å². The molecule has 0 aromatic heterocycles. The van der Waals surface area contributed by atoms with Gasteiger partial charge in [-0.25, -0.2) is 8.42 Å². The fourth-order valence-corrected chi connectivity index (χ4v) is 2.90. The Morgan fingerprint density at radius 1 is 1.21 bits per heavy atom. The molecule has 0 amide bonds. The van der Waals surface area contributed by atoms with Gasteiger partial charge in [-0.1, -0.05) is 6.07 Å². The van der Waals surface area contributed by atoms with Crippen LogP contribution in [0.4, 0.5) is 5.69 Å². The summed E-state index contributed by atoms with van der Waals surface area (Å²) in [6, 6.07) is 5.53. The highest BCUT2D eigenvalue weighted by Crippen LogP contribution is 2.21. The zero-order chi connectivity index (χ0) is 14.6. The summed E-state index contributed by atoms with van der Waals surface area (Å²) in [7, 11) is -3.41. The van der Waals surface area contributed by atoms with E-state index in [1.165, 1.54) is 4.31 Å². The van der Waals surface area contributed by atoms with Crippen LogP contribution in [0, 0.1) is 13.8 Å². The van der Waals surface area contributed by atoms with Crippen molar-refractivity contribution in [3.8, 4) is 0 Å². The maximum atomic E-state index is 11.8. The van der Waals surface area contributed by atoms with Gasteiger partial charge >= 0.3 is 5.97 Å². The fourth-order valence-electron chi connectivity index (χ4n) is 1.95. The number of hydrogen-bond acceptors (Lipinski definition) is 3. The molecule has 6 heteroatoms. The molecule has 0 aliphatic rings. The van der Waals surface area contributed by atoms with Crippen molar-refractivity contribution in [3.63, 3.8) is 0 Å². The zero-order valence-electron chi connectivity index (χ0n) is 11.4. The average Bonchev–Trinajstić information content (AvgIpc) is 2.20. The van der Waals surface area contributed by atoms with Crippen molar-refractivity contribution in [2.75, 3.05) is 17.1 Å². The lowest BCUT2D eigenvalue weighted by Crippen LogP contribution is -2.31. The van der Waals surface area contributed by atoms with E-state index in [0.717, 1.165) is 17.4 Å². The number of carboxylic acid groups (broad SMARTS) is 1. The summed E-state index contributed by atoms with van der Waals surface area (Å²) in [5.74, 6) is -0.922. The van der Waals surface area contributed by atoms with Crippen molar-refractivity contribution in [2.24, 2.45) is 0 Å². The molecule has 5 nitrogen and oxygen atoms in total. The Bertz CT molecular complexity index is 546. The maximum absolute atomic E-state index is 11.8. The van der Waals surface area contributed by atoms with Crippen LogP contribution in [-0.2, 0) is 14.8 Å². The van der Waals surface area contributed by atoms with Gasteiger partial charge in [0.2, 0.25) is 10.0 Å². The van der Waals surface area contributed by atoms with E-state index >= 15 is 0 Å². The number of hydrogen-bond donors (Lipinski definition) is 1. The number of anilines is 1. The second-order valence-corrected chi connectivity index (χ2v) is 6.59. The molecule has 1 aromatic rings. The lowest BCUT2D eigenvalue weighted by atomic mass is 10.1. The summed E-state index contributed by atoms with van der Waals surface area (Å²) in [6.07, 6.45) is 1.37. The molecule has 0 heterocycles. The molecule has 106 valence electrons.